The molecule has 2 aliphatic rings. The predicted octanol–water partition coefficient (Wildman–Crippen LogP) is 4.33. The molecule has 1 aliphatic carbocycles. The number of nitrogens with one attached hydrogen (secondary N) is 1. The van der Waals surface area contributed by atoms with Gasteiger partial charge in [0.15, 0.2) is 5.82 Å². The third-order valence-corrected chi connectivity index (χ3v) is 6.24. The van der Waals surface area contributed by atoms with Crippen LogP contribution in [0.2, 0.25) is 0 Å². The van der Waals surface area contributed by atoms with Crippen LogP contribution < -0.4 is 5.32 Å². The molecular weight excluding hydrogens is 437 g/mol. The number of halogens is 3. The second-order valence-corrected chi connectivity index (χ2v) is 9.14. The highest BCUT2D eigenvalue weighted by molar-refractivity contribution is 5.94. The Balaban J connectivity index is 1.32. The van der Waals surface area contributed by atoms with E-state index in [9.17, 15) is 22.8 Å². The standard InChI is InChI=1S/C23H27F3N4O3/c1-13(2)18(21-28-19(29-33-21)14-3-4-14)27-20(31)15-9-11-30(12-10-15)22(32)16-5-7-17(8-6-16)23(24,25)26/h5-8,13-15,18H,3-4,9-12H2,1-2H3,(H,27,31). The third kappa shape index (κ3) is 5.36. The number of carbonyl (C=O) groups excluding carboxylic acids is 2. The van der Waals surface area contributed by atoms with Crippen LogP contribution in [-0.2, 0) is 11.0 Å². The van der Waals surface area contributed by atoms with Crippen molar-refractivity contribution in [3.8, 4) is 0 Å². The number of nitrogens with zero attached hydrogens (tertiary/aromatic N) is 3. The van der Waals surface area contributed by atoms with Crippen molar-refractivity contribution in [3.05, 3.63) is 47.1 Å². The summed E-state index contributed by atoms with van der Waals surface area (Å²) in [4.78, 5) is 31.6. The molecule has 0 spiro atoms. The summed E-state index contributed by atoms with van der Waals surface area (Å²) >= 11 is 0. The second kappa shape index (κ2) is 9.15. The van der Waals surface area contributed by atoms with E-state index >= 15 is 0 Å². The molecule has 4 rings (SSSR count). The molecule has 1 unspecified atom stereocenters. The minimum absolute atomic E-state index is 0.0581. The quantitative estimate of drug-likeness (QED) is 0.688. The van der Waals surface area contributed by atoms with E-state index in [2.05, 4.69) is 15.5 Å². The Morgan fingerprint density at radius 1 is 1.09 bits per heavy atom. The minimum atomic E-state index is -4.44. The molecule has 1 atom stereocenters. The van der Waals surface area contributed by atoms with Gasteiger partial charge in [0.25, 0.3) is 5.91 Å². The first-order chi connectivity index (χ1) is 15.6. The van der Waals surface area contributed by atoms with Crippen molar-refractivity contribution >= 4 is 11.8 Å². The summed E-state index contributed by atoms with van der Waals surface area (Å²) in [5, 5.41) is 7.06. The van der Waals surface area contributed by atoms with Crippen LogP contribution >= 0.6 is 0 Å². The number of amides is 2. The summed E-state index contributed by atoms with van der Waals surface area (Å²) in [5.41, 5.74) is -0.590. The molecule has 1 saturated carbocycles. The zero-order valence-electron chi connectivity index (χ0n) is 18.6. The van der Waals surface area contributed by atoms with Gasteiger partial charge in [-0.3, -0.25) is 9.59 Å². The highest BCUT2D eigenvalue weighted by Crippen LogP contribution is 2.39. The number of hydrogen-bond donors (Lipinski definition) is 1. The van der Waals surface area contributed by atoms with Crippen molar-refractivity contribution in [2.75, 3.05) is 13.1 Å². The van der Waals surface area contributed by atoms with Crippen molar-refractivity contribution in [2.45, 2.75) is 57.7 Å². The molecule has 0 bridgehead atoms. The lowest BCUT2D eigenvalue weighted by Gasteiger charge is -2.32. The predicted molar refractivity (Wildman–Crippen MR) is 112 cm³/mol. The van der Waals surface area contributed by atoms with Gasteiger partial charge in [0.05, 0.1) is 5.56 Å². The molecule has 1 saturated heterocycles. The van der Waals surface area contributed by atoms with Crippen molar-refractivity contribution < 1.29 is 27.3 Å². The molecule has 1 aromatic carbocycles. The van der Waals surface area contributed by atoms with Gasteiger partial charge in [-0.25, -0.2) is 0 Å². The molecule has 1 N–H and O–H groups in total. The van der Waals surface area contributed by atoms with Crippen molar-refractivity contribution in [2.24, 2.45) is 11.8 Å². The fourth-order valence-corrected chi connectivity index (χ4v) is 3.99. The molecule has 7 nitrogen and oxygen atoms in total. The molecule has 2 amide bonds. The van der Waals surface area contributed by atoms with E-state index in [4.69, 9.17) is 4.52 Å². The minimum Gasteiger partial charge on any atom is -0.344 e. The van der Waals surface area contributed by atoms with Gasteiger partial charge >= 0.3 is 6.18 Å². The Morgan fingerprint density at radius 3 is 2.27 bits per heavy atom. The van der Waals surface area contributed by atoms with Crippen molar-refractivity contribution in [1.82, 2.24) is 20.4 Å². The van der Waals surface area contributed by atoms with Crippen LogP contribution in [0.1, 0.15) is 79.1 Å². The average molecular weight is 464 g/mol. The lowest BCUT2D eigenvalue weighted by atomic mass is 9.94. The Hall–Kier alpha value is -2.91. The van der Waals surface area contributed by atoms with Gasteiger partial charge in [-0.05, 0) is 55.9 Å². The Morgan fingerprint density at radius 2 is 1.73 bits per heavy atom. The molecular formula is C23H27F3N4O3. The monoisotopic (exact) mass is 464 g/mol. The molecule has 33 heavy (non-hydrogen) atoms. The first kappa shape index (κ1) is 23.3. The van der Waals surface area contributed by atoms with Crippen LogP contribution in [0.4, 0.5) is 13.2 Å². The van der Waals surface area contributed by atoms with Crippen LogP contribution in [0.5, 0.6) is 0 Å². The normalized spacial score (nSPS) is 18.4. The molecule has 2 fully saturated rings. The molecule has 10 heteroatoms. The number of likely N-dealkylation sites (tertiary alicyclic amines) is 1. The van der Waals surface area contributed by atoms with E-state index < -0.39 is 11.7 Å². The molecule has 0 radical (unpaired) electrons. The summed E-state index contributed by atoms with van der Waals surface area (Å²) in [5.74, 6) is 0.798. The van der Waals surface area contributed by atoms with Gasteiger partial charge in [-0.2, -0.15) is 18.2 Å². The van der Waals surface area contributed by atoms with Crippen LogP contribution in [0.25, 0.3) is 0 Å². The molecule has 2 aromatic rings. The average Bonchev–Trinajstić information content (AvgIpc) is 3.53. The van der Waals surface area contributed by atoms with Gasteiger partial charge in [0.2, 0.25) is 11.8 Å². The van der Waals surface area contributed by atoms with Crippen LogP contribution in [0.15, 0.2) is 28.8 Å². The summed E-state index contributed by atoms with van der Waals surface area (Å²) in [6, 6.07) is 3.82. The first-order valence-electron chi connectivity index (χ1n) is 11.2. The number of aromatic nitrogens is 2. The Kier molecular flexibility index (Phi) is 6.45. The van der Waals surface area contributed by atoms with E-state index in [1.165, 1.54) is 12.1 Å². The summed E-state index contributed by atoms with van der Waals surface area (Å²) in [7, 11) is 0. The molecule has 2 heterocycles. The van der Waals surface area contributed by atoms with E-state index in [-0.39, 0.29) is 35.3 Å². The highest BCUT2D eigenvalue weighted by Gasteiger charge is 2.34. The second-order valence-electron chi connectivity index (χ2n) is 9.14. The van der Waals surface area contributed by atoms with E-state index in [1.807, 2.05) is 13.8 Å². The first-order valence-corrected chi connectivity index (χ1v) is 11.2. The Bertz CT molecular complexity index is 991. The number of hydrogen-bond acceptors (Lipinski definition) is 5. The van der Waals surface area contributed by atoms with Crippen LogP contribution in [-0.4, -0.2) is 39.9 Å². The smallest absolute Gasteiger partial charge is 0.344 e. The summed E-state index contributed by atoms with van der Waals surface area (Å²) < 4.78 is 43.6. The van der Waals surface area contributed by atoms with E-state index in [0.29, 0.717) is 43.6 Å². The third-order valence-electron chi connectivity index (χ3n) is 6.24. The molecule has 1 aromatic heterocycles. The molecule has 1 aliphatic heterocycles. The number of piperidine rings is 1. The lowest BCUT2D eigenvalue weighted by Crippen LogP contribution is -2.44. The Labute approximate surface area is 189 Å². The summed E-state index contributed by atoms with van der Waals surface area (Å²) in [6.07, 6.45) is -1.38. The number of rotatable bonds is 6. The molecule has 178 valence electrons. The maximum atomic E-state index is 12.9. The fourth-order valence-electron chi connectivity index (χ4n) is 3.99. The van der Waals surface area contributed by atoms with Gasteiger partial charge < -0.3 is 14.7 Å². The zero-order valence-corrected chi connectivity index (χ0v) is 18.6. The maximum Gasteiger partial charge on any atom is 0.416 e. The van der Waals surface area contributed by atoms with Crippen LogP contribution in [0.3, 0.4) is 0 Å². The number of benzene rings is 1. The topological polar surface area (TPSA) is 88.3 Å². The largest absolute Gasteiger partial charge is 0.416 e. The van der Waals surface area contributed by atoms with Crippen LogP contribution in [0, 0.1) is 11.8 Å². The number of carbonyl (C=O) groups is 2. The number of alkyl halides is 3. The zero-order chi connectivity index (χ0) is 23.8. The lowest BCUT2D eigenvalue weighted by molar-refractivity contribution is -0.137. The fraction of sp³-hybridized carbons (Fsp3) is 0.565. The van der Waals surface area contributed by atoms with E-state index in [1.54, 1.807) is 4.90 Å². The van der Waals surface area contributed by atoms with Crippen molar-refractivity contribution in [3.63, 3.8) is 0 Å². The highest BCUT2D eigenvalue weighted by atomic mass is 19.4. The van der Waals surface area contributed by atoms with E-state index in [0.717, 1.165) is 25.0 Å². The summed E-state index contributed by atoms with van der Waals surface area (Å²) in [6.45, 7) is 4.65. The van der Waals surface area contributed by atoms with Gasteiger partial charge in [0.1, 0.15) is 6.04 Å². The van der Waals surface area contributed by atoms with Crippen molar-refractivity contribution in [1.29, 1.82) is 0 Å². The van der Waals surface area contributed by atoms with Gasteiger partial charge in [0, 0.05) is 30.5 Å². The maximum absolute atomic E-state index is 12.9. The van der Waals surface area contributed by atoms with Gasteiger partial charge in [-0.1, -0.05) is 19.0 Å². The SMILES string of the molecule is CC(C)C(NC(=O)C1CCN(C(=O)c2ccc(C(F)(F)F)cc2)CC1)c1nc(C2CC2)no1. The van der Waals surface area contributed by atoms with Gasteiger partial charge in [-0.15, -0.1) is 0 Å².